The first-order valence-corrected chi connectivity index (χ1v) is 27.1. The van der Waals surface area contributed by atoms with Crippen molar-refractivity contribution in [2.24, 2.45) is 0 Å². The third-order valence-electron chi connectivity index (χ3n) is 16.9. The molecule has 0 amide bonds. The van der Waals surface area contributed by atoms with Gasteiger partial charge in [0.1, 0.15) is 5.58 Å². The highest BCUT2D eigenvalue weighted by Crippen LogP contribution is 2.68. The smallest absolute Gasteiger partial charge is 0.159 e. The number of furan rings is 1. The van der Waals surface area contributed by atoms with Crippen LogP contribution in [0.15, 0.2) is 271 Å². The van der Waals surface area contributed by atoms with E-state index in [1.54, 1.807) is 0 Å². The molecule has 13 aromatic carbocycles. The first-order valence-electron chi connectivity index (χ1n) is 27.1. The molecule has 0 fully saturated rings. The summed E-state index contributed by atoms with van der Waals surface area (Å²) in [5.41, 5.74) is 22.6. The van der Waals surface area contributed by atoms with Crippen LogP contribution in [-0.4, -0.2) is 0 Å². The van der Waals surface area contributed by atoms with E-state index in [9.17, 15) is 0 Å². The van der Waals surface area contributed by atoms with E-state index in [2.05, 4.69) is 291 Å². The Kier molecular flexibility index (Phi) is 9.68. The third-order valence-corrected chi connectivity index (χ3v) is 16.9. The van der Waals surface area contributed by atoms with Gasteiger partial charge in [-0.1, -0.05) is 212 Å². The Labute approximate surface area is 453 Å². The molecule has 0 atom stereocenters. The van der Waals surface area contributed by atoms with E-state index >= 15 is 0 Å². The van der Waals surface area contributed by atoms with Gasteiger partial charge in [0.15, 0.2) is 5.58 Å². The Balaban J connectivity index is 1.03. The van der Waals surface area contributed by atoms with Gasteiger partial charge >= 0.3 is 0 Å². The van der Waals surface area contributed by atoms with Crippen molar-refractivity contribution >= 4 is 88.4 Å². The van der Waals surface area contributed by atoms with Crippen LogP contribution in [0.25, 0.3) is 87.6 Å². The zero-order valence-corrected chi connectivity index (χ0v) is 43.2. The van der Waals surface area contributed by atoms with Gasteiger partial charge in [-0.05, 0) is 163 Å². The quantitative estimate of drug-likeness (QED) is 0.148. The summed E-state index contributed by atoms with van der Waals surface area (Å²) in [6, 6.07) is 99.1. The zero-order chi connectivity index (χ0) is 51.6. The molecule has 3 nitrogen and oxygen atoms in total. The van der Waals surface area contributed by atoms with Gasteiger partial charge in [-0.25, -0.2) is 0 Å². The monoisotopic (exact) mass is 994 g/mol. The maximum atomic E-state index is 7.03. The van der Waals surface area contributed by atoms with Crippen molar-refractivity contribution in [1.29, 1.82) is 0 Å². The molecule has 16 rings (SSSR count). The predicted octanol–water partition coefficient (Wildman–Crippen LogP) is 20.6. The van der Waals surface area contributed by atoms with Crippen LogP contribution in [0.1, 0.15) is 33.4 Å². The van der Waals surface area contributed by atoms with Gasteiger partial charge in [0.2, 0.25) is 0 Å². The standard InChI is InChI=1S/C75H50N2O/c1-47-21-17-23-49(43-47)50-24-19-29-53(44-50)76(51-25-5-3-6-26-51)54-41-42-61-64(45-54)55-30-9-11-34-59(55)70-65-46-69(77(52-27-7-4-8-28-52)68-40-20-37-63-62-36-18-22-48(2)73(62)78-74(63)68)58-33-10-12-35-60(58)71(65)75(72(61)70)66-38-15-13-31-56(66)57-32-14-16-39-67(57)75/h3-46H,1-2H3. The van der Waals surface area contributed by atoms with E-state index in [0.29, 0.717) is 0 Å². The Morgan fingerprint density at radius 1 is 0.308 bits per heavy atom. The van der Waals surface area contributed by atoms with Crippen molar-refractivity contribution in [3.05, 3.63) is 300 Å². The van der Waals surface area contributed by atoms with Crippen LogP contribution in [0.4, 0.5) is 34.1 Å². The van der Waals surface area contributed by atoms with E-state index in [1.165, 1.54) is 93.5 Å². The lowest BCUT2D eigenvalue weighted by Gasteiger charge is -2.34. The molecule has 1 heterocycles. The molecule has 2 aliphatic carbocycles. The van der Waals surface area contributed by atoms with Crippen molar-refractivity contribution in [3.8, 4) is 33.4 Å². The largest absolute Gasteiger partial charge is 0.454 e. The molecule has 0 aliphatic heterocycles. The summed E-state index contributed by atoms with van der Waals surface area (Å²) in [6.45, 7) is 4.30. The van der Waals surface area contributed by atoms with Crippen LogP contribution >= 0.6 is 0 Å². The van der Waals surface area contributed by atoms with Gasteiger partial charge in [0.25, 0.3) is 0 Å². The topological polar surface area (TPSA) is 19.6 Å². The molecule has 366 valence electrons. The minimum Gasteiger partial charge on any atom is -0.454 e. The number of para-hydroxylation sites is 4. The average molecular weight is 995 g/mol. The molecule has 0 saturated heterocycles. The third kappa shape index (κ3) is 6.27. The molecule has 78 heavy (non-hydrogen) atoms. The molecule has 0 unspecified atom stereocenters. The highest BCUT2D eigenvalue weighted by molar-refractivity contribution is 6.23. The second kappa shape index (κ2) is 17.0. The summed E-state index contributed by atoms with van der Waals surface area (Å²) in [4.78, 5) is 4.87. The molecular formula is C75H50N2O. The Bertz CT molecular complexity index is 4730. The van der Waals surface area contributed by atoms with Crippen molar-refractivity contribution in [2.45, 2.75) is 19.3 Å². The van der Waals surface area contributed by atoms with Crippen LogP contribution in [0.3, 0.4) is 0 Å². The van der Waals surface area contributed by atoms with Crippen LogP contribution in [-0.2, 0) is 5.41 Å². The summed E-state index contributed by atoms with van der Waals surface area (Å²) in [5.74, 6) is 0. The molecule has 14 aromatic rings. The number of nitrogens with zero attached hydrogens (tertiary/aromatic N) is 2. The SMILES string of the molecule is Cc1cccc(-c2cccc(N(c3ccccc3)c3ccc4c5c(c6ccccc6c4c3)-c3cc(N(c4ccccc4)c4cccc6c4oc4c(C)cccc46)c4ccccc4c3C53c4ccccc4-c4ccccc43)c2)c1. The van der Waals surface area contributed by atoms with Crippen LogP contribution < -0.4 is 9.80 Å². The number of aryl methyl sites for hydroxylation is 2. The molecule has 1 spiro atoms. The average Bonchev–Trinajstić information content (AvgIpc) is 2.79. The van der Waals surface area contributed by atoms with E-state index in [1.807, 2.05) is 0 Å². The Hall–Kier alpha value is -9.96. The first-order chi connectivity index (χ1) is 38.5. The molecule has 0 saturated carbocycles. The Morgan fingerprint density at radius 3 is 1.58 bits per heavy atom. The fraction of sp³-hybridized carbons (Fsp3) is 0.0400. The summed E-state index contributed by atoms with van der Waals surface area (Å²) in [5, 5.41) is 9.51. The van der Waals surface area contributed by atoms with E-state index in [4.69, 9.17) is 4.42 Å². The second-order valence-corrected chi connectivity index (χ2v) is 21.2. The number of rotatable bonds is 7. The number of benzene rings is 13. The van der Waals surface area contributed by atoms with E-state index in [-0.39, 0.29) is 0 Å². The zero-order valence-electron chi connectivity index (χ0n) is 43.2. The minimum absolute atomic E-state index is 0.672. The maximum Gasteiger partial charge on any atom is 0.159 e. The maximum absolute atomic E-state index is 7.03. The van der Waals surface area contributed by atoms with Crippen LogP contribution in [0.5, 0.6) is 0 Å². The predicted molar refractivity (Wildman–Crippen MR) is 327 cm³/mol. The van der Waals surface area contributed by atoms with Crippen LogP contribution in [0.2, 0.25) is 0 Å². The van der Waals surface area contributed by atoms with Gasteiger partial charge in [-0.3, -0.25) is 0 Å². The normalized spacial score (nSPS) is 12.8. The molecule has 0 N–H and O–H groups in total. The van der Waals surface area contributed by atoms with E-state index < -0.39 is 5.41 Å². The van der Waals surface area contributed by atoms with Gasteiger partial charge < -0.3 is 14.2 Å². The first kappa shape index (κ1) is 44.3. The summed E-state index contributed by atoms with van der Waals surface area (Å²) in [6.07, 6.45) is 0. The fourth-order valence-corrected chi connectivity index (χ4v) is 13.8. The lowest BCUT2D eigenvalue weighted by Crippen LogP contribution is -2.26. The van der Waals surface area contributed by atoms with Gasteiger partial charge in [0, 0.05) is 38.9 Å². The lowest BCUT2D eigenvalue weighted by atomic mass is 9.68. The van der Waals surface area contributed by atoms with Crippen molar-refractivity contribution < 1.29 is 4.42 Å². The molecule has 2 aliphatic rings. The molecular weight excluding hydrogens is 945 g/mol. The van der Waals surface area contributed by atoms with Crippen molar-refractivity contribution in [2.75, 3.05) is 9.80 Å². The summed E-state index contributed by atoms with van der Waals surface area (Å²) >= 11 is 0. The molecule has 0 radical (unpaired) electrons. The molecule has 1 aromatic heterocycles. The van der Waals surface area contributed by atoms with Gasteiger partial charge in [-0.15, -0.1) is 0 Å². The van der Waals surface area contributed by atoms with Crippen molar-refractivity contribution in [3.63, 3.8) is 0 Å². The highest BCUT2D eigenvalue weighted by Gasteiger charge is 2.54. The number of anilines is 6. The highest BCUT2D eigenvalue weighted by atomic mass is 16.3. The number of hydrogen-bond donors (Lipinski definition) is 0. The number of fused-ring (bicyclic) bond motifs is 20. The fourth-order valence-electron chi connectivity index (χ4n) is 13.8. The van der Waals surface area contributed by atoms with Crippen LogP contribution in [0, 0.1) is 13.8 Å². The second-order valence-electron chi connectivity index (χ2n) is 21.2. The molecule has 0 bridgehead atoms. The Morgan fingerprint density at radius 2 is 0.846 bits per heavy atom. The van der Waals surface area contributed by atoms with E-state index in [0.717, 1.165) is 61.6 Å². The van der Waals surface area contributed by atoms with Gasteiger partial charge in [-0.2, -0.15) is 0 Å². The van der Waals surface area contributed by atoms with Gasteiger partial charge in [0.05, 0.1) is 16.8 Å². The minimum atomic E-state index is -0.672. The van der Waals surface area contributed by atoms with Crippen molar-refractivity contribution in [1.82, 2.24) is 0 Å². The summed E-state index contributed by atoms with van der Waals surface area (Å²) in [7, 11) is 0. The molecule has 3 heteroatoms. The number of hydrogen-bond acceptors (Lipinski definition) is 3. The summed E-state index contributed by atoms with van der Waals surface area (Å²) < 4.78 is 7.03. The lowest BCUT2D eigenvalue weighted by molar-refractivity contribution is 0.666.